The zero-order valence-corrected chi connectivity index (χ0v) is 20.8. The van der Waals surface area contributed by atoms with Gasteiger partial charge in [-0.2, -0.15) is 8.42 Å². The Labute approximate surface area is 208 Å². The first-order valence-electron chi connectivity index (χ1n) is 10.8. The minimum atomic E-state index is -3.96. The molecule has 0 aliphatic carbocycles. The maximum Gasteiger partial charge on any atom is 0.339 e. The average Bonchev–Trinajstić information content (AvgIpc) is 3.09. The molecule has 0 spiro atoms. The van der Waals surface area contributed by atoms with Gasteiger partial charge in [-0.25, -0.2) is 0 Å². The van der Waals surface area contributed by atoms with Crippen molar-refractivity contribution in [2.75, 3.05) is 13.2 Å². The first kappa shape index (κ1) is 24.6. The minimum Gasteiger partial charge on any atom is -0.492 e. The molecule has 4 rings (SSSR count). The third-order valence-corrected chi connectivity index (χ3v) is 7.34. The molecular formula is C26H23NO6S2. The van der Waals surface area contributed by atoms with Gasteiger partial charge in [0.1, 0.15) is 23.0 Å². The van der Waals surface area contributed by atoms with Crippen molar-refractivity contribution >= 4 is 39.1 Å². The van der Waals surface area contributed by atoms with Gasteiger partial charge in [-0.1, -0.05) is 47.5 Å². The molecule has 1 aliphatic heterocycles. The third-order valence-electron chi connectivity index (χ3n) is 5.17. The molecule has 0 aromatic heterocycles. The lowest BCUT2D eigenvalue weighted by molar-refractivity contribution is -0.123. The van der Waals surface area contributed by atoms with Gasteiger partial charge in [0.05, 0.1) is 11.4 Å². The fraction of sp³-hybridized carbons (Fsp3) is 0.154. The molecular weight excluding hydrogens is 486 g/mol. The van der Waals surface area contributed by atoms with Gasteiger partial charge in [0.2, 0.25) is 0 Å². The quantitative estimate of drug-likeness (QED) is 0.305. The van der Waals surface area contributed by atoms with Crippen LogP contribution in [-0.2, 0) is 14.9 Å². The van der Waals surface area contributed by atoms with Crippen LogP contribution in [-0.4, -0.2) is 37.6 Å². The second-order valence-corrected chi connectivity index (χ2v) is 10.5. The molecule has 1 heterocycles. The van der Waals surface area contributed by atoms with Crippen LogP contribution < -0.4 is 8.92 Å². The normalized spacial score (nSPS) is 15.0. The number of nitrogens with zero attached hydrogens (tertiary/aromatic N) is 1. The van der Waals surface area contributed by atoms with Crippen molar-refractivity contribution in [2.45, 2.75) is 18.7 Å². The molecule has 1 aliphatic rings. The Morgan fingerprint density at radius 3 is 2.03 bits per heavy atom. The van der Waals surface area contributed by atoms with Crippen LogP contribution in [0, 0.1) is 13.8 Å². The van der Waals surface area contributed by atoms with Gasteiger partial charge in [0, 0.05) is 0 Å². The number of hydrogen-bond acceptors (Lipinski definition) is 7. The number of thioether (sulfide) groups is 1. The van der Waals surface area contributed by atoms with E-state index < -0.39 is 16.0 Å². The molecule has 2 amide bonds. The maximum atomic E-state index is 12.7. The Morgan fingerprint density at radius 2 is 1.40 bits per heavy atom. The number of ether oxygens (including phenoxy) is 1. The maximum absolute atomic E-state index is 12.7. The number of hydrogen-bond donors (Lipinski definition) is 0. The van der Waals surface area contributed by atoms with Crippen LogP contribution in [0.25, 0.3) is 6.08 Å². The largest absolute Gasteiger partial charge is 0.492 e. The predicted octanol–water partition coefficient (Wildman–Crippen LogP) is 5.19. The molecule has 35 heavy (non-hydrogen) atoms. The highest BCUT2D eigenvalue weighted by molar-refractivity contribution is 8.18. The predicted molar refractivity (Wildman–Crippen MR) is 135 cm³/mol. The molecule has 1 fully saturated rings. The summed E-state index contributed by atoms with van der Waals surface area (Å²) in [5.41, 5.74) is 2.68. The summed E-state index contributed by atoms with van der Waals surface area (Å²) in [4.78, 5) is 26.5. The van der Waals surface area contributed by atoms with Crippen molar-refractivity contribution < 1.29 is 26.9 Å². The van der Waals surface area contributed by atoms with Crippen LogP contribution in [0.5, 0.6) is 11.5 Å². The van der Waals surface area contributed by atoms with E-state index in [9.17, 15) is 18.0 Å². The van der Waals surface area contributed by atoms with E-state index in [1.807, 2.05) is 38.1 Å². The number of carbonyl (C=O) groups is 2. The molecule has 0 atom stereocenters. The van der Waals surface area contributed by atoms with Gasteiger partial charge in [0.15, 0.2) is 0 Å². The van der Waals surface area contributed by atoms with E-state index in [-0.39, 0.29) is 33.9 Å². The first-order valence-corrected chi connectivity index (χ1v) is 13.0. The Balaban J connectivity index is 1.37. The molecule has 180 valence electrons. The lowest BCUT2D eigenvalue weighted by Gasteiger charge is -2.13. The van der Waals surface area contributed by atoms with Crippen LogP contribution in [0.3, 0.4) is 0 Å². The lowest BCUT2D eigenvalue weighted by atomic mass is 10.2. The monoisotopic (exact) mass is 509 g/mol. The van der Waals surface area contributed by atoms with Crippen LogP contribution in [0.1, 0.15) is 16.7 Å². The van der Waals surface area contributed by atoms with Crippen molar-refractivity contribution in [2.24, 2.45) is 0 Å². The van der Waals surface area contributed by atoms with Crippen molar-refractivity contribution in [3.05, 3.63) is 94.4 Å². The number of carbonyl (C=O) groups excluding carboxylic acids is 2. The van der Waals surface area contributed by atoms with Crippen molar-refractivity contribution in [3.63, 3.8) is 0 Å². The van der Waals surface area contributed by atoms with Gasteiger partial charge >= 0.3 is 10.1 Å². The van der Waals surface area contributed by atoms with E-state index in [0.717, 1.165) is 27.8 Å². The van der Waals surface area contributed by atoms with Crippen molar-refractivity contribution in [1.82, 2.24) is 4.90 Å². The summed E-state index contributed by atoms with van der Waals surface area (Å²) in [5.74, 6) is 0.420. The fourth-order valence-corrected chi connectivity index (χ4v) is 5.03. The summed E-state index contributed by atoms with van der Waals surface area (Å²) in [7, 11) is -3.96. The molecule has 3 aromatic carbocycles. The second-order valence-electron chi connectivity index (χ2n) is 7.91. The summed E-state index contributed by atoms with van der Waals surface area (Å²) in [6, 6.07) is 20.1. The van der Waals surface area contributed by atoms with Gasteiger partial charge in [-0.15, -0.1) is 0 Å². The first-order chi connectivity index (χ1) is 16.7. The summed E-state index contributed by atoms with van der Waals surface area (Å²) < 4.78 is 35.7. The minimum absolute atomic E-state index is 0.0622. The second kappa shape index (κ2) is 10.4. The molecule has 0 bridgehead atoms. The Morgan fingerprint density at radius 1 is 0.829 bits per heavy atom. The summed E-state index contributed by atoms with van der Waals surface area (Å²) in [5, 5.41) is -0.363. The Kier molecular flexibility index (Phi) is 7.28. The Hall–Kier alpha value is -3.56. The van der Waals surface area contributed by atoms with Crippen LogP contribution in [0.15, 0.2) is 82.6 Å². The SMILES string of the molecule is Cc1ccc(OCCN2C(=O)S/C(=C\c3ccc(OS(=O)(=O)c4ccc(C)cc4)cc3)C2=O)cc1. The smallest absolute Gasteiger partial charge is 0.339 e. The van der Waals surface area contributed by atoms with E-state index in [4.69, 9.17) is 8.92 Å². The zero-order valence-electron chi connectivity index (χ0n) is 19.1. The van der Waals surface area contributed by atoms with Crippen LogP contribution in [0.2, 0.25) is 0 Å². The number of benzene rings is 3. The highest BCUT2D eigenvalue weighted by atomic mass is 32.2. The average molecular weight is 510 g/mol. The highest BCUT2D eigenvalue weighted by Crippen LogP contribution is 2.32. The van der Waals surface area contributed by atoms with Crippen LogP contribution in [0.4, 0.5) is 4.79 Å². The molecule has 0 saturated carbocycles. The Bertz CT molecular complexity index is 1360. The van der Waals surface area contributed by atoms with Gasteiger partial charge < -0.3 is 8.92 Å². The molecule has 0 unspecified atom stereocenters. The molecule has 0 radical (unpaired) electrons. The molecule has 3 aromatic rings. The topological polar surface area (TPSA) is 90.0 Å². The van der Waals surface area contributed by atoms with E-state index in [0.29, 0.717) is 11.3 Å². The standard InChI is InChI=1S/C26H23NO6S2/c1-18-3-9-21(10-4-18)32-16-15-27-25(28)24(34-26(27)29)17-20-7-11-22(12-8-20)33-35(30,31)23-13-5-19(2)6-14-23/h3-14,17H,15-16H2,1-2H3/b24-17-. The third kappa shape index (κ3) is 6.12. The fourth-order valence-electron chi connectivity index (χ4n) is 3.23. The van der Waals surface area contributed by atoms with Crippen molar-refractivity contribution in [3.8, 4) is 11.5 Å². The number of aryl methyl sites for hydroxylation is 2. The number of imide groups is 1. The van der Waals surface area contributed by atoms with E-state index >= 15 is 0 Å². The number of amides is 2. The summed E-state index contributed by atoms with van der Waals surface area (Å²) in [6.45, 7) is 4.17. The van der Waals surface area contributed by atoms with Crippen molar-refractivity contribution in [1.29, 1.82) is 0 Å². The highest BCUT2D eigenvalue weighted by Gasteiger charge is 2.34. The molecule has 1 saturated heterocycles. The van der Waals surface area contributed by atoms with E-state index in [1.54, 1.807) is 30.3 Å². The van der Waals surface area contributed by atoms with Crippen LogP contribution >= 0.6 is 11.8 Å². The number of rotatable bonds is 8. The molecule has 0 N–H and O–H groups in total. The van der Waals surface area contributed by atoms with Gasteiger partial charge in [-0.3, -0.25) is 14.5 Å². The molecule has 9 heteroatoms. The van der Waals surface area contributed by atoms with Gasteiger partial charge in [-0.05, 0) is 73.6 Å². The zero-order chi connectivity index (χ0) is 25.0. The summed E-state index contributed by atoms with van der Waals surface area (Å²) in [6.07, 6.45) is 1.59. The summed E-state index contributed by atoms with van der Waals surface area (Å²) >= 11 is 0.853. The van der Waals surface area contributed by atoms with E-state index in [1.165, 1.54) is 24.3 Å². The lowest BCUT2D eigenvalue weighted by Crippen LogP contribution is -2.32. The van der Waals surface area contributed by atoms with E-state index in [2.05, 4.69) is 0 Å². The molecule has 7 nitrogen and oxygen atoms in total. The van der Waals surface area contributed by atoms with Gasteiger partial charge in [0.25, 0.3) is 11.1 Å².